The molecule has 2 amide bonds. The van der Waals surface area contributed by atoms with Gasteiger partial charge in [0.15, 0.2) is 0 Å². The van der Waals surface area contributed by atoms with Crippen LogP contribution in [0.4, 0.5) is 5.69 Å². The number of carbonyl (C=O) groups excluding carboxylic acids is 2. The van der Waals surface area contributed by atoms with Gasteiger partial charge in [0.1, 0.15) is 5.75 Å². The van der Waals surface area contributed by atoms with Gasteiger partial charge in [0.25, 0.3) is 11.8 Å². The number of amides is 2. The summed E-state index contributed by atoms with van der Waals surface area (Å²) in [5, 5.41) is 0. The van der Waals surface area contributed by atoms with E-state index in [1.165, 1.54) is 16.7 Å². The highest BCUT2D eigenvalue weighted by Gasteiger charge is 2.41. The lowest BCUT2D eigenvalue weighted by Gasteiger charge is -2.16. The van der Waals surface area contributed by atoms with Gasteiger partial charge in [0.05, 0.1) is 23.3 Å². The Hall–Kier alpha value is -3.31. The summed E-state index contributed by atoms with van der Waals surface area (Å²) < 4.78 is 5.49. The quantitative estimate of drug-likeness (QED) is 0.518. The van der Waals surface area contributed by atoms with E-state index in [1.54, 1.807) is 19.2 Å². The average Bonchev–Trinajstić information content (AvgIpc) is 3.02. The molecular formula is C25H21NO3S. The van der Waals surface area contributed by atoms with Gasteiger partial charge < -0.3 is 4.74 Å². The van der Waals surface area contributed by atoms with Crippen LogP contribution < -0.4 is 9.64 Å². The standard InChI is InChI=1S/C25H21NO3S/c1-17-9-8-12-19(15-17)26-24(27)22(20-13-6-7-14-21(20)29-2)23(25(26)28)30-16-18-10-4-3-5-11-18/h3-15H,16H2,1-2H3. The molecule has 0 saturated carbocycles. The minimum absolute atomic E-state index is 0.299. The second-order valence-corrected chi connectivity index (χ2v) is 7.95. The van der Waals surface area contributed by atoms with Crippen molar-refractivity contribution in [3.05, 3.63) is 100 Å². The summed E-state index contributed by atoms with van der Waals surface area (Å²) in [6.07, 6.45) is 0. The number of carbonyl (C=O) groups is 2. The van der Waals surface area contributed by atoms with Crippen LogP contribution in [0.3, 0.4) is 0 Å². The Morgan fingerprint density at radius 2 is 1.60 bits per heavy atom. The Morgan fingerprint density at radius 3 is 2.33 bits per heavy atom. The molecule has 0 atom stereocenters. The average molecular weight is 416 g/mol. The SMILES string of the molecule is COc1ccccc1C1=C(SCc2ccccc2)C(=O)N(c2cccc(C)c2)C1=O. The number of para-hydroxylation sites is 1. The van der Waals surface area contributed by atoms with Crippen molar-refractivity contribution in [1.29, 1.82) is 0 Å². The van der Waals surface area contributed by atoms with Crippen molar-refractivity contribution < 1.29 is 14.3 Å². The minimum Gasteiger partial charge on any atom is -0.496 e. The number of benzene rings is 3. The predicted octanol–water partition coefficient (Wildman–Crippen LogP) is 5.22. The summed E-state index contributed by atoms with van der Waals surface area (Å²) in [7, 11) is 1.57. The zero-order valence-corrected chi connectivity index (χ0v) is 17.6. The van der Waals surface area contributed by atoms with Gasteiger partial charge >= 0.3 is 0 Å². The van der Waals surface area contributed by atoms with E-state index in [1.807, 2.05) is 73.7 Å². The van der Waals surface area contributed by atoms with Crippen molar-refractivity contribution >= 4 is 34.8 Å². The number of methoxy groups -OCH3 is 1. The largest absolute Gasteiger partial charge is 0.496 e. The van der Waals surface area contributed by atoms with E-state index in [0.29, 0.717) is 33.2 Å². The van der Waals surface area contributed by atoms with Gasteiger partial charge in [0, 0.05) is 11.3 Å². The Morgan fingerprint density at radius 1 is 0.867 bits per heavy atom. The first kappa shape index (κ1) is 20.0. The van der Waals surface area contributed by atoms with Crippen LogP contribution in [-0.2, 0) is 15.3 Å². The fourth-order valence-corrected chi connectivity index (χ4v) is 4.52. The van der Waals surface area contributed by atoms with Crippen molar-refractivity contribution in [3.8, 4) is 5.75 Å². The van der Waals surface area contributed by atoms with Crippen LogP contribution in [0.5, 0.6) is 5.75 Å². The highest BCUT2D eigenvalue weighted by molar-refractivity contribution is 8.03. The van der Waals surface area contributed by atoms with Gasteiger partial charge in [-0.05, 0) is 36.2 Å². The van der Waals surface area contributed by atoms with Crippen molar-refractivity contribution in [2.75, 3.05) is 12.0 Å². The number of hydrogen-bond donors (Lipinski definition) is 0. The van der Waals surface area contributed by atoms with E-state index in [2.05, 4.69) is 0 Å². The third kappa shape index (κ3) is 3.76. The van der Waals surface area contributed by atoms with Gasteiger partial charge in [-0.2, -0.15) is 0 Å². The Bertz CT molecular complexity index is 1140. The number of aryl methyl sites for hydroxylation is 1. The molecule has 0 saturated heterocycles. The summed E-state index contributed by atoms with van der Waals surface area (Å²) in [6, 6.07) is 24.6. The topological polar surface area (TPSA) is 46.6 Å². The van der Waals surface area contributed by atoms with Crippen LogP contribution in [0.2, 0.25) is 0 Å². The van der Waals surface area contributed by atoms with Gasteiger partial charge in [-0.1, -0.05) is 60.7 Å². The van der Waals surface area contributed by atoms with Gasteiger partial charge in [-0.15, -0.1) is 11.8 Å². The second-order valence-electron chi connectivity index (χ2n) is 6.96. The van der Waals surface area contributed by atoms with Gasteiger partial charge in [-0.3, -0.25) is 9.59 Å². The van der Waals surface area contributed by atoms with E-state index >= 15 is 0 Å². The van der Waals surface area contributed by atoms with E-state index in [0.717, 1.165) is 11.1 Å². The van der Waals surface area contributed by atoms with E-state index in [4.69, 9.17) is 4.74 Å². The molecule has 150 valence electrons. The van der Waals surface area contributed by atoms with Gasteiger partial charge in [0.2, 0.25) is 0 Å². The minimum atomic E-state index is -0.328. The van der Waals surface area contributed by atoms with E-state index < -0.39 is 0 Å². The van der Waals surface area contributed by atoms with Crippen molar-refractivity contribution in [1.82, 2.24) is 0 Å². The molecule has 4 rings (SSSR count). The van der Waals surface area contributed by atoms with Crippen LogP contribution in [0.15, 0.2) is 83.8 Å². The Kier molecular flexibility index (Phi) is 5.72. The third-order valence-electron chi connectivity index (χ3n) is 4.90. The Labute approximate surface area is 180 Å². The molecule has 0 fully saturated rings. The number of ether oxygens (including phenoxy) is 1. The summed E-state index contributed by atoms with van der Waals surface area (Å²) in [5.41, 5.74) is 3.66. The number of anilines is 1. The molecule has 0 spiro atoms. The molecule has 3 aromatic carbocycles. The number of rotatable bonds is 6. The lowest BCUT2D eigenvalue weighted by atomic mass is 10.0. The van der Waals surface area contributed by atoms with Crippen molar-refractivity contribution in [2.24, 2.45) is 0 Å². The highest BCUT2D eigenvalue weighted by atomic mass is 32.2. The molecular weight excluding hydrogens is 394 g/mol. The van der Waals surface area contributed by atoms with E-state index in [9.17, 15) is 9.59 Å². The molecule has 30 heavy (non-hydrogen) atoms. The van der Waals surface area contributed by atoms with Crippen molar-refractivity contribution in [2.45, 2.75) is 12.7 Å². The zero-order valence-electron chi connectivity index (χ0n) is 16.8. The van der Waals surface area contributed by atoms with Crippen LogP contribution in [0.25, 0.3) is 5.57 Å². The molecule has 0 aromatic heterocycles. The first-order chi connectivity index (χ1) is 14.6. The van der Waals surface area contributed by atoms with E-state index in [-0.39, 0.29) is 11.8 Å². The molecule has 0 bridgehead atoms. The predicted molar refractivity (Wildman–Crippen MR) is 121 cm³/mol. The normalized spacial score (nSPS) is 13.9. The summed E-state index contributed by atoms with van der Waals surface area (Å²) in [5.74, 6) is 0.533. The molecule has 5 heteroatoms. The number of thioether (sulfide) groups is 1. The maximum atomic E-state index is 13.5. The number of nitrogens with zero attached hydrogens (tertiary/aromatic N) is 1. The van der Waals surface area contributed by atoms with Crippen LogP contribution in [0, 0.1) is 6.92 Å². The molecule has 0 N–H and O–H groups in total. The summed E-state index contributed by atoms with van der Waals surface area (Å²) >= 11 is 1.39. The smallest absolute Gasteiger partial charge is 0.272 e. The molecule has 1 heterocycles. The number of imide groups is 1. The van der Waals surface area contributed by atoms with Crippen LogP contribution in [0.1, 0.15) is 16.7 Å². The molecule has 4 nitrogen and oxygen atoms in total. The summed E-state index contributed by atoms with van der Waals surface area (Å²) in [6.45, 7) is 1.94. The summed E-state index contributed by atoms with van der Waals surface area (Å²) in [4.78, 5) is 28.6. The number of hydrogen-bond acceptors (Lipinski definition) is 4. The molecule has 0 radical (unpaired) electrons. The first-order valence-corrected chi connectivity index (χ1v) is 10.6. The maximum Gasteiger partial charge on any atom is 0.272 e. The van der Waals surface area contributed by atoms with Crippen LogP contribution in [-0.4, -0.2) is 18.9 Å². The van der Waals surface area contributed by atoms with Gasteiger partial charge in [-0.25, -0.2) is 4.90 Å². The first-order valence-electron chi connectivity index (χ1n) is 9.60. The Balaban J connectivity index is 1.79. The van der Waals surface area contributed by atoms with Crippen LogP contribution >= 0.6 is 11.8 Å². The third-order valence-corrected chi connectivity index (χ3v) is 6.05. The molecule has 3 aromatic rings. The lowest BCUT2D eigenvalue weighted by molar-refractivity contribution is -0.119. The zero-order chi connectivity index (χ0) is 21.1. The molecule has 1 aliphatic rings. The highest BCUT2D eigenvalue weighted by Crippen LogP contribution is 2.42. The maximum absolute atomic E-state index is 13.5. The molecule has 1 aliphatic heterocycles. The fraction of sp³-hybridized carbons (Fsp3) is 0.120. The molecule has 0 aliphatic carbocycles. The van der Waals surface area contributed by atoms with Crippen molar-refractivity contribution in [3.63, 3.8) is 0 Å². The monoisotopic (exact) mass is 415 g/mol. The fourth-order valence-electron chi connectivity index (χ4n) is 3.46. The molecule has 0 unspecified atom stereocenters. The second kappa shape index (κ2) is 8.59. The lowest BCUT2D eigenvalue weighted by Crippen LogP contribution is -2.31.